The highest BCUT2D eigenvalue weighted by Crippen LogP contribution is 2.06. The molecule has 0 aliphatic rings. The smallest absolute Gasteiger partial charge is 0.148 e. The SMILES string of the molecule is CCn1nccc1CNc1ccn(CCO)n1.Cl. The van der Waals surface area contributed by atoms with Gasteiger partial charge < -0.3 is 10.4 Å². The summed E-state index contributed by atoms with van der Waals surface area (Å²) in [5, 5.41) is 20.5. The van der Waals surface area contributed by atoms with Gasteiger partial charge in [-0.2, -0.15) is 10.2 Å². The van der Waals surface area contributed by atoms with E-state index < -0.39 is 0 Å². The Labute approximate surface area is 112 Å². The van der Waals surface area contributed by atoms with Crippen molar-refractivity contribution in [2.75, 3.05) is 11.9 Å². The fraction of sp³-hybridized carbons (Fsp3) is 0.455. The molecule has 0 radical (unpaired) electrons. The fourth-order valence-corrected chi connectivity index (χ4v) is 1.66. The minimum atomic E-state index is 0. The van der Waals surface area contributed by atoms with Gasteiger partial charge in [-0.15, -0.1) is 12.4 Å². The van der Waals surface area contributed by atoms with E-state index in [1.807, 2.05) is 23.0 Å². The molecule has 0 bridgehead atoms. The van der Waals surface area contributed by atoms with Crippen molar-refractivity contribution >= 4 is 18.2 Å². The summed E-state index contributed by atoms with van der Waals surface area (Å²) < 4.78 is 3.65. The first-order valence-electron chi connectivity index (χ1n) is 5.72. The number of aryl methyl sites for hydroxylation is 1. The van der Waals surface area contributed by atoms with Crippen LogP contribution in [0.5, 0.6) is 0 Å². The Hall–Kier alpha value is -1.53. The van der Waals surface area contributed by atoms with Crippen LogP contribution in [0.3, 0.4) is 0 Å². The van der Waals surface area contributed by atoms with Gasteiger partial charge in [0, 0.05) is 25.0 Å². The zero-order valence-electron chi connectivity index (χ0n) is 10.3. The molecule has 0 spiro atoms. The Bertz CT molecular complexity index is 467. The van der Waals surface area contributed by atoms with E-state index in [2.05, 4.69) is 22.4 Å². The molecule has 2 heterocycles. The van der Waals surface area contributed by atoms with Crippen molar-refractivity contribution in [3.63, 3.8) is 0 Å². The van der Waals surface area contributed by atoms with Crippen molar-refractivity contribution in [2.24, 2.45) is 0 Å². The molecule has 0 aromatic carbocycles. The van der Waals surface area contributed by atoms with Crippen LogP contribution in [-0.4, -0.2) is 31.3 Å². The van der Waals surface area contributed by atoms with Gasteiger partial charge in [0.05, 0.1) is 25.4 Å². The molecule has 2 N–H and O–H groups in total. The molecule has 0 unspecified atom stereocenters. The van der Waals surface area contributed by atoms with Crippen molar-refractivity contribution in [3.05, 3.63) is 30.2 Å². The molecule has 2 rings (SSSR count). The lowest BCUT2D eigenvalue weighted by atomic mass is 10.4. The van der Waals surface area contributed by atoms with Crippen LogP contribution in [0.15, 0.2) is 24.5 Å². The van der Waals surface area contributed by atoms with E-state index in [0.29, 0.717) is 13.1 Å². The van der Waals surface area contributed by atoms with E-state index in [1.54, 1.807) is 10.9 Å². The number of nitrogens with zero attached hydrogens (tertiary/aromatic N) is 4. The first-order valence-corrected chi connectivity index (χ1v) is 5.72. The van der Waals surface area contributed by atoms with Gasteiger partial charge in [0.15, 0.2) is 0 Å². The first-order chi connectivity index (χ1) is 8.33. The molecule has 0 aliphatic heterocycles. The van der Waals surface area contributed by atoms with E-state index in [0.717, 1.165) is 18.1 Å². The molecule has 100 valence electrons. The maximum Gasteiger partial charge on any atom is 0.148 e. The largest absolute Gasteiger partial charge is 0.394 e. The number of halogens is 1. The Morgan fingerprint density at radius 2 is 2.22 bits per heavy atom. The van der Waals surface area contributed by atoms with Gasteiger partial charge >= 0.3 is 0 Å². The van der Waals surface area contributed by atoms with E-state index in [9.17, 15) is 0 Å². The van der Waals surface area contributed by atoms with E-state index in [4.69, 9.17) is 5.11 Å². The third-order valence-electron chi connectivity index (χ3n) is 2.52. The molecule has 6 nitrogen and oxygen atoms in total. The van der Waals surface area contributed by atoms with E-state index in [1.165, 1.54) is 0 Å². The molecular weight excluding hydrogens is 254 g/mol. The molecule has 0 saturated carbocycles. The van der Waals surface area contributed by atoms with Crippen LogP contribution in [-0.2, 0) is 19.6 Å². The van der Waals surface area contributed by atoms with Crippen molar-refractivity contribution in [3.8, 4) is 0 Å². The van der Waals surface area contributed by atoms with Crippen molar-refractivity contribution in [2.45, 2.75) is 26.6 Å². The minimum absolute atomic E-state index is 0. The summed E-state index contributed by atoms with van der Waals surface area (Å²) in [5.74, 6) is 0.808. The Kier molecular flexibility index (Phi) is 5.67. The van der Waals surface area contributed by atoms with Crippen molar-refractivity contribution in [1.29, 1.82) is 0 Å². The lowest BCUT2D eigenvalue weighted by molar-refractivity contribution is 0.269. The van der Waals surface area contributed by atoms with Crippen LogP contribution in [0.2, 0.25) is 0 Å². The van der Waals surface area contributed by atoms with Gasteiger partial charge in [-0.3, -0.25) is 9.36 Å². The second-order valence-corrected chi connectivity index (χ2v) is 3.68. The lowest BCUT2D eigenvalue weighted by Crippen LogP contribution is -2.09. The van der Waals surface area contributed by atoms with Crippen molar-refractivity contribution < 1.29 is 5.11 Å². The summed E-state index contributed by atoms with van der Waals surface area (Å²) in [4.78, 5) is 0. The summed E-state index contributed by atoms with van der Waals surface area (Å²) >= 11 is 0. The summed E-state index contributed by atoms with van der Waals surface area (Å²) in [7, 11) is 0. The van der Waals surface area contributed by atoms with Gasteiger partial charge in [0.2, 0.25) is 0 Å². The Morgan fingerprint density at radius 1 is 1.39 bits per heavy atom. The standard InChI is InChI=1S/C11H17N5O.ClH/c1-2-16-10(3-5-13-16)9-12-11-4-6-15(14-11)7-8-17;/h3-6,17H,2,7-9H2,1H3,(H,12,14);1H. The second-order valence-electron chi connectivity index (χ2n) is 3.68. The molecule has 18 heavy (non-hydrogen) atoms. The molecular formula is C11H18ClN5O. The van der Waals surface area contributed by atoms with Crippen LogP contribution in [0.1, 0.15) is 12.6 Å². The average Bonchev–Trinajstić information content (AvgIpc) is 2.95. The summed E-state index contributed by atoms with van der Waals surface area (Å²) in [6.07, 6.45) is 3.64. The van der Waals surface area contributed by atoms with E-state index >= 15 is 0 Å². The van der Waals surface area contributed by atoms with Crippen LogP contribution in [0.25, 0.3) is 0 Å². The first kappa shape index (κ1) is 14.5. The molecule has 0 aliphatic carbocycles. The van der Waals surface area contributed by atoms with Crippen molar-refractivity contribution in [1.82, 2.24) is 19.6 Å². The number of aliphatic hydroxyl groups is 1. The van der Waals surface area contributed by atoms with E-state index in [-0.39, 0.29) is 19.0 Å². The predicted octanol–water partition coefficient (Wildman–Crippen LogP) is 1.13. The van der Waals surface area contributed by atoms with Gasteiger partial charge in [-0.1, -0.05) is 0 Å². The van der Waals surface area contributed by atoms with Gasteiger partial charge in [-0.05, 0) is 13.0 Å². The maximum absolute atomic E-state index is 8.78. The highest BCUT2D eigenvalue weighted by molar-refractivity contribution is 5.85. The van der Waals surface area contributed by atoms with Crippen LogP contribution >= 0.6 is 12.4 Å². The third-order valence-corrected chi connectivity index (χ3v) is 2.52. The number of hydrogen-bond acceptors (Lipinski definition) is 4. The van der Waals surface area contributed by atoms with Gasteiger partial charge in [-0.25, -0.2) is 0 Å². The zero-order chi connectivity index (χ0) is 12.1. The number of aliphatic hydroxyl groups excluding tert-OH is 1. The summed E-state index contributed by atoms with van der Waals surface area (Å²) in [6.45, 7) is 4.25. The summed E-state index contributed by atoms with van der Waals surface area (Å²) in [5.41, 5.74) is 1.13. The molecule has 0 amide bonds. The topological polar surface area (TPSA) is 67.9 Å². The fourth-order valence-electron chi connectivity index (χ4n) is 1.66. The second kappa shape index (κ2) is 7.03. The Balaban J connectivity index is 0.00000162. The Morgan fingerprint density at radius 3 is 2.94 bits per heavy atom. The van der Waals surface area contributed by atoms with Crippen LogP contribution in [0, 0.1) is 0 Å². The number of aromatic nitrogens is 4. The molecule has 2 aromatic rings. The molecule has 0 fully saturated rings. The summed E-state index contributed by atoms with van der Waals surface area (Å²) in [6, 6.07) is 3.88. The zero-order valence-corrected chi connectivity index (χ0v) is 11.1. The quantitative estimate of drug-likeness (QED) is 0.826. The number of rotatable bonds is 6. The number of hydrogen-bond donors (Lipinski definition) is 2. The molecule has 7 heteroatoms. The lowest BCUT2D eigenvalue weighted by Gasteiger charge is -2.05. The van der Waals surface area contributed by atoms with Crippen LogP contribution in [0.4, 0.5) is 5.82 Å². The van der Waals surface area contributed by atoms with Gasteiger partial charge in [0.1, 0.15) is 5.82 Å². The maximum atomic E-state index is 8.78. The molecule has 0 atom stereocenters. The normalized spacial score (nSPS) is 10.1. The third kappa shape index (κ3) is 3.48. The molecule has 0 saturated heterocycles. The number of anilines is 1. The number of nitrogens with one attached hydrogen (secondary N) is 1. The minimum Gasteiger partial charge on any atom is -0.394 e. The highest BCUT2D eigenvalue weighted by atomic mass is 35.5. The van der Waals surface area contributed by atoms with Gasteiger partial charge in [0.25, 0.3) is 0 Å². The highest BCUT2D eigenvalue weighted by Gasteiger charge is 2.02. The predicted molar refractivity (Wildman–Crippen MR) is 71.8 cm³/mol. The molecule has 2 aromatic heterocycles. The average molecular weight is 272 g/mol. The van der Waals surface area contributed by atoms with Crippen LogP contribution < -0.4 is 5.32 Å². The monoisotopic (exact) mass is 271 g/mol.